The van der Waals surface area contributed by atoms with Gasteiger partial charge in [0.25, 0.3) is 5.91 Å². The van der Waals surface area contributed by atoms with Crippen molar-refractivity contribution in [3.8, 4) is 0 Å². The fourth-order valence-corrected chi connectivity index (χ4v) is 3.79. The van der Waals surface area contributed by atoms with E-state index < -0.39 is 17.5 Å². The molecule has 164 valence electrons. The van der Waals surface area contributed by atoms with Crippen LogP contribution in [0.15, 0.2) is 77.4 Å². The molecule has 1 atom stereocenters. The maximum Gasteiger partial charge on any atom is 0.325 e. The molecular weight excluding hydrogens is 406 g/mol. The molecule has 1 aliphatic rings. The molecule has 2 heterocycles. The Balaban J connectivity index is 1.53. The minimum atomic E-state index is -1.21. The van der Waals surface area contributed by atoms with Gasteiger partial charge in [-0.2, -0.15) is 0 Å². The molecule has 7 nitrogen and oxygen atoms in total. The molecule has 0 bridgehead atoms. The lowest BCUT2D eigenvalue weighted by atomic mass is 9.91. The van der Waals surface area contributed by atoms with Crippen LogP contribution >= 0.6 is 0 Å². The first-order valence-corrected chi connectivity index (χ1v) is 10.4. The smallest absolute Gasteiger partial charge is 0.325 e. The summed E-state index contributed by atoms with van der Waals surface area (Å²) in [5.74, 6) is -0.171. The van der Waals surface area contributed by atoms with Crippen LogP contribution in [-0.2, 0) is 28.2 Å². The zero-order chi connectivity index (χ0) is 22.7. The van der Waals surface area contributed by atoms with Crippen molar-refractivity contribution in [2.45, 2.75) is 32.5 Å². The third kappa shape index (κ3) is 4.27. The Labute approximate surface area is 186 Å². The first-order chi connectivity index (χ1) is 15.4. The number of furan rings is 1. The molecule has 1 aromatic heterocycles. The largest absolute Gasteiger partial charge is 0.467 e. The molecule has 7 heteroatoms. The van der Waals surface area contributed by atoms with E-state index in [4.69, 9.17) is 4.42 Å². The van der Waals surface area contributed by atoms with Crippen molar-refractivity contribution < 1.29 is 18.8 Å². The highest BCUT2D eigenvalue weighted by molar-refractivity contribution is 6.09. The summed E-state index contributed by atoms with van der Waals surface area (Å²) in [7, 11) is 0. The Bertz CT molecular complexity index is 1110. The molecule has 1 unspecified atom stereocenters. The molecule has 3 aromatic rings. The van der Waals surface area contributed by atoms with Crippen LogP contribution in [0, 0.1) is 6.92 Å². The van der Waals surface area contributed by atoms with E-state index in [1.54, 1.807) is 30.2 Å². The van der Waals surface area contributed by atoms with Gasteiger partial charge in [-0.15, -0.1) is 0 Å². The van der Waals surface area contributed by atoms with E-state index in [0.29, 0.717) is 17.9 Å². The van der Waals surface area contributed by atoms with Gasteiger partial charge in [-0.25, -0.2) is 4.79 Å². The van der Waals surface area contributed by atoms with Gasteiger partial charge in [0.15, 0.2) is 0 Å². The highest BCUT2D eigenvalue weighted by Crippen LogP contribution is 2.29. The molecular formula is C25H25N3O4. The predicted molar refractivity (Wildman–Crippen MR) is 118 cm³/mol. The van der Waals surface area contributed by atoms with Gasteiger partial charge < -0.3 is 14.6 Å². The van der Waals surface area contributed by atoms with Crippen LogP contribution in [0.5, 0.6) is 0 Å². The molecule has 2 aromatic carbocycles. The zero-order valence-electron chi connectivity index (χ0n) is 18.1. The van der Waals surface area contributed by atoms with Crippen LogP contribution in [0.1, 0.15) is 29.4 Å². The Morgan fingerprint density at radius 1 is 1.00 bits per heavy atom. The van der Waals surface area contributed by atoms with Crippen molar-refractivity contribution in [3.05, 3.63) is 95.4 Å². The number of nitrogens with zero attached hydrogens (tertiary/aromatic N) is 2. The Hall–Kier alpha value is -3.87. The number of aryl methyl sites for hydroxylation is 1. The van der Waals surface area contributed by atoms with Crippen molar-refractivity contribution in [1.82, 2.24) is 15.1 Å². The first kappa shape index (κ1) is 21.4. The van der Waals surface area contributed by atoms with Crippen LogP contribution < -0.4 is 5.32 Å². The van der Waals surface area contributed by atoms with Gasteiger partial charge in [-0.3, -0.25) is 14.5 Å². The van der Waals surface area contributed by atoms with Gasteiger partial charge in [0.05, 0.1) is 12.8 Å². The van der Waals surface area contributed by atoms with Crippen molar-refractivity contribution in [2.24, 2.45) is 0 Å². The first-order valence-electron chi connectivity index (χ1n) is 10.4. The topological polar surface area (TPSA) is 82.9 Å². The van der Waals surface area contributed by atoms with Gasteiger partial charge >= 0.3 is 6.03 Å². The van der Waals surface area contributed by atoms with E-state index in [-0.39, 0.29) is 19.0 Å². The second-order valence-corrected chi connectivity index (χ2v) is 8.13. The maximum atomic E-state index is 13.2. The Morgan fingerprint density at radius 3 is 2.38 bits per heavy atom. The van der Waals surface area contributed by atoms with E-state index in [2.05, 4.69) is 5.32 Å². The molecule has 0 aliphatic carbocycles. The summed E-state index contributed by atoms with van der Waals surface area (Å²) in [6, 6.07) is 19.9. The van der Waals surface area contributed by atoms with Crippen molar-refractivity contribution >= 4 is 17.8 Å². The normalized spacial score (nSPS) is 18.0. The summed E-state index contributed by atoms with van der Waals surface area (Å²) in [4.78, 5) is 41.7. The monoisotopic (exact) mass is 431 g/mol. The van der Waals surface area contributed by atoms with E-state index >= 15 is 0 Å². The maximum absolute atomic E-state index is 13.2. The van der Waals surface area contributed by atoms with E-state index in [0.717, 1.165) is 16.0 Å². The third-order valence-corrected chi connectivity index (χ3v) is 5.69. The summed E-state index contributed by atoms with van der Waals surface area (Å²) in [6.45, 7) is 3.83. The lowest BCUT2D eigenvalue weighted by Crippen LogP contribution is -2.44. The summed E-state index contributed by atoms with van der Waals surface area (Å²) >= 11 is 0. The number of hydrogen-bond acceptors (Lipinski definition) is 4. The molecule has 4 rings (SSSR count). The van der Waals surface area contributed by atoms with Crippen LogP contribution in [-0.4, -0.2) is 34.2 Å². The SMILES string of the molecule is Cc1ccc(C2(C)NC(=O)N(CC(=O)N(Cc3ccccc3)Cc3ccco3)C2=O)cc1. The lowest BCUT2D eigenvalue weighted by molar-refractivity contribution is -0.139. The van der Waals surface area contributed by atoms with E-state index in [1.807, 2.05) is 61.5 Å². The highest BCUT2D eigenvalue weighted by atomic mass is 16.3. The van der Waals surface area contributed by atoms with Gasteiger partial charge in [-0.05, 0) is 37.1 Å². The molecule has 0 radical (unpaired) electrons. The summed E-state index contributed by atoms with van der Waals surface area (Å²) < 4.78 is 5.41. The van der Waals surface area contributed by atoms with Crippen LogP contribution in [0.2, 0.25) is 0 Å². The molecule has 1 N–H and O–H groups in total. The van der Waals surface area contributed by atoms with Crippen molar-refractivity contribution in [3.63, 3.8) is 0 Å². The second kappa shape index (κ2) is 8.70. The average molecular weight is 431 g/mol. The number of hydrogen-bond donors (Lipinski definition) is 1. The van der Waals surface area contributed by atoms with Crippen LogP contribution in [0.4, 0.5) is 4.79 Å². The van der Waals surface area contributed by atoms with Crippen LogP contribution in [0.25, 0.3) is 0 Å². The summed E-state index contributed by atoms with van der Waals surface area (Å²) in [6.07, 6.45) is 1.55. The molecule has 1 saturated heterocycles. The molecule has 1 fully saturated rings. The standard InChI is InChI=1S/C25H25N3O4/c1-18-10-12-20(13-11-18)25(2)23(30)28(24(31)26-25)17-22(29)27(16-21-9-6-14-32-21)15-19-7-4-3-5-8-19/h3-14H,15-17H2,1-2H3,(H,26,31). The number of nitrogens with one attached hydrogen (secondary N) is 1. The minimum absolute atomic E-state index is 0.236. The number of benzene rings is 2. The van der Waals surface area contributed by atoms with E-state index in [9.17, 15) is 14.4 Å². The Morgan fingerprint density at radius 2 is 1.72 bits per heavy atom. The summed E-state index contributed by atoms with van der Waals surface area (Å²) in [5.41, 5.74) is 1.45. The number of rotatable bonds is 7. The fourth-order valence-electron chi connectivity index (χ4n) is 3.79. The number of carbonyl (C=O) groups is 3. The highest BCUT2D eigenvalue weighted by Gasteiger charge is 2.49. The summed E-state index contributed by atoms with van der Waals surface area (Å²) in [5, 5.41) is 2.75. The van der Waals surface area contributed by atoms with E-state index in [1.165, 1.54) is 0 Å². The lowest BCUT2D eigenvalue weighted by Gasteiger charge is -2.25. The van der Waals surface area contributed by atoms with Crippen LogP contribution in [0.3, 0.4) is 0 Å². The zero-order valence-corrected chi connectivity index (χ0v) is 18.1. The molecule has 4 amide bonds. The third-order valence-electron chi connectivity index (χ3n) is 5.69. The molecule has 0 spiro atoms. The number of urea groups is 1. The van der Waals surface area contributed by atoms with Crippen molar-refractivity contribution in [2.75, 3.05) is 6.54 Å². The number of amides is 4. The van der Waals surface area contributed by atoms with Crippen molar-refractivity contribution in [1.29, 1.82) is 0 Å². The predicted octanol–water partition coefficient (Wildman–Crippen LogP) is 3.58. The number of imide groups is 1. The molecule has 1 aliphatic heterocycles. The quantitative estimate of drug-likeness (QED) is 0.580. The Kier molecular flexibility index (Phi) is 5.81. The minimum Gasteiger partial charge on any atom is -0.467 e. The average Bonchev–Trinajstić information content (AvgIpc) is 3.37. The molecule has 0 saturated carbocycles. The second-order valence-electron chi connectivity index (χ2n) is 8.13. The fraction of sp³-hybridized carbons (Fsp3) is 0.240. The van der Waals surface area contributed by atoms with Gasteiger partial charge in [0.2, 0.25) is 5.91 Å². The van der Waals surface area contributed by atoms with Gasteiger partial charge in [-0.1, -0.05) is 60.2 Å². The number of carbonyl (C=O) groups excluding carboxylic acids is 3. The van der Waals surface area contributed by atoms with Gasteiger partial charge in [0.1, 0.15) is 17.8 Å². The van der Waals surface area contributed by atoms with Gasteiger partial charge in [0, 0.05) is 6.54 Å². The molecule has 32 heavy (non-hydrogen) atoms.